The molecule has 0 unspecified atom stereocenters. The number of hydrogen-bond acceptors (Lipinski definition) is 1. The predicted molar refractivity (Wildman–Crippen MR) is 65.2 cm³/mol. The molecule has 1 heterocycles. The average Bonchev–Trinajstić information content (AvgIpc) is 2.57. The highest BCUT2D eigenvalue weighted by Gasteiger charge is 2.09. The summed E-state index contributed by atoms with van der Waals surface area (Å²) in [5.74, 6) is 0. The molecule has 1 aromatic carbocycles. The van der Waals surface area contributed by atoms with Crippen LogP contribution in [0.1, 0.15) is 23.7 Å². The van der Waals surface area contributed by atoms with E-state index >= 15 is 0 Å². The molecule has 0 bridgehead atoms. The third kappa shape index (κ3) is 1.69. The van der Waals surface area contributed by atoms with Gasteiger partial charge in [0.05, 0.1) is 5.69 Å². The molecule has 84 valence electrons. The van der Waals surface area contributed by atoms with Gasteiger partial charge in [-0.05, 0) is 32.4 Å². The van der Waals surface area contributed by atoms with Crippen molar-refractivity contribution in [2.45, 2.75) is 27.2 Å². The highest BCUT2D eigenvalue weighted by atomic mass is 16.1. The van der Waals surface area contributed by atoms with Gasteiger partial charge in [-0.25, -0.2) is 4.68 Å². The standard InChI is InChI=1S/C13H16N2O/c1-4-12-10(3)13(16)15(14-12)11-7-5-9(2)6-8-11/h5-8,14H,4H2,1-3H3. The lowest BCUT2D eigenvalue weighted by Gasteiger charge is -2.01. The molecule has 0 amide bonds. The SMILES string of the molecule is CCc1[nH]n(-c2ccc(C)cc2)c(=O)c1C. The molecule has 2 aromatic rings. The lowest BCUT2D eigenvalue weighted by atomic mass is 10.2. The first-order chi connectivity index (χ1) is 7.63. The van der Waals surface area contributed by atoms with E-state index in [9.17, 15) is 4.79 Å². The molecule has 0 saturated heterocycles. The van der Waals surface area contributed by atoms with E-state index in [2.05, 4.69) is 5.10 Å². The van der Waals surface area contributed by atoms with Crippen LogP contribution in [-0.2, 0) is 6.42 Å². The maximum absolute atomic E-state index is 12.0. The number of H-pyrrole nitrogens is 1. The average molecular weight is 216 g/mol. The number of aryl methyl sites for hydroxylation is 2. The Morgan fingerprint density at radius 3 is 2.31 bits per heavy atom. The van der Waals surface area contributed by atoms with E-state index < -0.39 is 0 Å². The molecule has 1 aromatic heterocycles. The zero-order valence-corrected chi connectivity index (χ0v) is 9.87. The second kappa shape index (κ2) is 4.00. The third-order valence-electron chi connectivity index (χ3n) is 2.87. The first-order valence-electron chi connectivity index (χ1n) is 5.51. The van der Waals surface area contributed by atoms with Crippen molar-refractivity contribution in [1.29, 1.82) is 0 Å². The summed E-state index contributed by atoms with van der Waals surface area (Å²) < 4.78 is 1.60. The van der Waals surface area contributed by atoms with E-state index in [-0.39, 0.29) is 5.56 Å². The van der Waals surface area contributed by atoms with Gasteiger partial charge in [-0.15, -0.1) is 0 Å². The van der Waals surface area contributed by atoms with Crippen molar-refractivity contribution in [3.63, 3.8) is 0 Å². The molecule has 0 radical (unpaired) electrons. The van der Waals surface area contributed by atoms with E-state index in [0.29, 0.717) is 0 Å². The van der Waals surface area contributed by atoms with Gasteiger partial charge in [0.1, 0.15) is 0 Å². The minimum atomic E-state index is 0.0423. The molecule has 0 spiro atoms. The van der Waals surface area contributed by atoms with Crippen molar-refractivity contribution in [2.24, 2.45) is 0 Å². The number of benzene rings is 1. The number of aromatic amines is 1. The highest BCUT2D eigenvalue weighted by Crippen LogP contribution is 2.08. The summed E-state index contributed by atoms with van der Waals surface area (Å²) in [6, 6.07) is 7.91. The minimum absolute atomic E-state index is 0.0423. The summed E-state index contributed by atoms with van der Waals surface area (Å²) in [6.45, 7) is 5.93. The van der Waals surface area contributed by atoms with E-state index in [0.717, 1.165) is 23.4 Å². The van der Waals surface area contributed by atoms with Crippen molar-refractivity contribution in [3.05, 3.63) is 51.4 Å². The van der Waals surface area contributed by atoms with Gasteiger partial charge in [-0.3, -0.25) is 9.89 Å². The largest absolute Gasteiger partial charge is 0.295 e. The molecule has 0 aliphatic rings. The Bertz CT molecular complexity index is 546. The van der Waals surface area contributed by atoms with Gasteiger partial charge in [-0.1, -0.05) is 24.6 Å². The van der Waals surface area contributed by atoms with Gasteiger partial charge >= 0.3 is 0 Å². The first kappa shape index (κ1) is 10.7. The van der Waals surface area contributed by atoms with Gasteiger partial charge in [0, 0.05) is 11.3 Å². The molecule has 3 heteroatoms. The normalized spacial score (nSPS) is 10.7. The fourth-order valence-electron chi connectivity index (χ4n) is 1.79. The van der Waals surface area contributed by atoms with Crippen LogP contribution in [0.5, 0.6) is 0 Å². The first-order valence-corrected chi connectivity index (χ1v) is 5.51. The van der Waals surface area contributed by atoms with Gasteiger partial charge in [-0.2, -0.15) is 0 Å². The third-order valence-corrected chi connectivity index (χ3v) is 2.87. The Kier molecular flexibility index (Phi) is 2.69. The summed E-state index contributed by atoms with van der Waals surface area (Å²) in [7, 11) is 0. The van der Waals surface area contributed by atoms with Crippen molar-refractivity contribution in [1.82, 2.24) is 9.78 Å². The molecule has 0 aliphatic carbocycles. The van der Waals surface area contributed by atoms with E-state index in [4.69, 9.17) is 0 Å². The number of rotatable bonds is 2. The van der Waals surface area contributed by atoms with E-state index in [1.807, 2.05) is 45.0 Å². The van der Waals surface area contributed by atoms with Crippen LogP contribution in [0, 0.1) is 13.8 Å². The van der Waals surface area contributed by atoms with Crippen LogP contribution in [0.25, 0.3) is 5.69 Å². The van der Waals surface area contributed by atoms with E-state index in [1.54, 1.807) is 4.68 Å². The van der Waals surface area contributed by atoms with Gasteiger partial charge < -0.3 is 0 Å². The molecule has 1 N–H and O–H groups in total. The maximum Gasteiger partial charge on any atom is 0.274 e. The van der Waals surface area contributed by atoms with Crippen LogP contribution >= 0.6 is 0 Å². The zero-order valence-electron chi connectivity index (χ0n) is 9.87. The highest BCUT2D eigenvalue weighted by molar-refractivity contribution is 5.35. The molecule has 0 atom stereocenters. The van der Waals surface area contributed by atoms with Crippen molar-refractivity contribution < 1.29 is 0 Å². The van der Waals surface area contributed by atoms with Crippen molar-refractivity contribution in [2.75, 3.05) is 0 Å². The molecule has 2 rings (SSSR count). The summed E-state index contributed by atoms with van der Waals surface area (Å²) in [4.78, 5) is 12.0. The zero-order chi connectivity index (χ0) is 11.7. The molecular weight excluding hydrogens is 200 g/mol. The quantitative estimate of drug-likeness (QED) is 0.822. The van der Waals surface area contributed by atoms with Crippen LogP contribution in [0.3, 0.4) is 0 Å². The molecule has 16 heavy (non-hydrogen) atoms. The Labute approximate surface area is 94.7 Å². The fraction of sp³-hybridized carbons (Fsp3) is 0.308. The number of hydrogen-bond donors (Lipinski definition) is 1. The van der Waals surface area contributed by atoms with Crippen LogP contribution in [0.15, 0.2) is 29.1 Å². The van der Waals surface area contributed by atoms with Crippen molar-refractivity contribution in [3.8, 4) is 5.69 Å². The van der Waals surface area contributed by atoms with E-state index in [1.165, 1.54) is 5.56 Å². The van der Waals surface area contributed by atoms with Crippen LogP contribution in [0.2, 0.25) is 0 Å². The molecule has 0 aliphatic heterocycles. The monoisotopic (exact) mass is 216 g/mol. The second-order valence-corrected chi connectivity index (χ2v) is 4.05. The van der Waals surface area contributed by atoms with Crippen molar-refractivity contribution >= 4 is 0 Å². The summed E-state index contributed by atoms with van der Waals surface area (Å²) in [5.41, 5.74) is 3.93. The van der Waals surface area contributed by atoms with Crippen LogP contribution in [0.4, 0.5) is 0 Å². The summed E-state index contributed by atoms with van der Waals surface area (Å²) in [5, 5.41) is 3.14. The van der Waals surface area contributed by atoms with Gasteiger partial charge in [0.2, 0.25) is 0 Å². The maximum atomic E-state index is 12.0. The molecule has 3 nitrogen and oxygen atoms in total. The summed E-state index contributed by atoms with van der Waals surface area (Å²) >= 11 is 0. The Hall–Kier alpha value is -1.77. The number of nitrogens with one attached hydrogen (secondary N) is 1. The van der Waals surface area contributed by atoms with Gasteiger partial charge in [0.25, 0.3) is 5.56 Å². The van der Waals surface area contributed by atoms with Crippen LogP contribution < -0.4 is 5.56 Å². The van der Waals surface area contributed by atoms with Crippen LogP contribution in [-0.4, -0.2) is 9.78 Å². The second-order valence-electron chi connectivity index (χ2n) is 4.05. The van der Waals surface area contributed by atoms with Gasteiger partial charge in [0.15, 0.2) is 0 Å². The smallest absolute Gasteiger partial charge is 0.274 e. The topological polar surface area (TPSA) is 37.8 Å². The predicted octanol–water partition coefficient (Wildman–Crippen LogP) is 2.34. The molecule has 0 fully saturated rings. The Balaban J connectivity index is 2.56. The summed E-state index contributed by atoms with van der Waals surface area (Å²) in [6.07, 6.45) is 0.847. The lowest BCUT2D eigenvalue weighted by Crippen LogP contribution is -2.15. The molecule has 0 saturated carbocycles. The lowest BCUT2D eigenvalue weighted by molar-refractivity contribution is 0.819. The Morgan fingerprint density at radius 1 is 1.19 bits per heavy atom. The minimum Gasteiger partial charge on any atom is -0.295 e. The number of nitrogens with zero attached hydrogens (tertiary/aromatic N) is 1. The number of aromatic nitrogens is 2. The fourth-order valence-corrected chi connectivity index (χ4v) is 1.79. The Morgan fingerprint density at radius 2 is 1.81 bits per heavy atom. The molecular formula is C13H16N2O.